The van der Waals surface area contributed by atoms with Crippen molar-refractivity contribution in [1.82, 2.24) is 9.88 Å². The molecule has 4 rings (SSSR count). The summed E-state index contributed by atoms with van der Waals surface area (Å²) in [6, 6.07) is 14.4. The summed E-state index contributed by atoms with van der Waals surface area (Å²) in [5, 5.41) is 5.83. The van der Waals surface area contributed by atoms with Gasteiger partial charge in [0, 0.05) is 34.5 Å². The first-order chi connectivity index (χ1) is 14.0. The molecule has 29 heavy (non-hydrogen) atoms. The maximum absolute atomic E-state index is 12.5. The minimum atomic E-state index is -0.313. The van der Waals surface area contributed by atoms with E-state index < -0.39 is 0 Å². The van der Waals surface area contributed by atoms with Gasteiger partial charge in [-0.25, -0.2) is 4.98 Å². The second kappa shape index (κ2) is 8.14. The summed E-state index contributed by atoms with van der Waals surface area (Å²) in [5.41, 5.74) is 2.61. The molecule has 0 radical (unpaired) electrons. The molecule has 1 fully saturated rings. The van der Waals surface area contributed by atoms with Crippen LogP contribution >= 0.6 is 22.9 Å². The fourth-order valence-electron chi connectivity index (χ4n) is 3.00. The summed E-state index contributed by atoms with van der Waals surface area (Å²) in [6.07, 6.45) is 0.551. The molecule has 1 aliphatic rings. The van der Waals surface area contributed by atoms with E-state index in [2.05, 4.69) is 10.3 Å². The molecule has 0 bridgehead atoms. The topological polar surface area (TPSA) is 79.4 Å². The Hall–Kier alpha value is -3.03. The van der Waals surface area contributed by atoms with E-state index in [1.165, 1.54) is 16.2 Å². The number of thiazole rings is 1. The molecule has 1 aromatic heterocycles. The van der Waals surface area contributed by atoms with Crippen molar-refractivity contribution in [3.05, 3.63) is 70.2 Å². The zero-order valence-corrected chi connectivity index (χ0v) is 16.8. The molecule has 0 atom stereocenters. The van der Waals surface area contributed by atoms with Gasteiger partial charge in [0.15, 0.2) is 0 Å². The van der Waals surface area contributed by atoms with Crippen molar-refractivity contribution in [3.8, 4) is 10.6 Å². The number of anilines is 1. The number of carbonyl (C=O) groups is 3. The second-order valence-corrected chi connectivity index (χ2v) is 7.87. The van der Waals surface area contributed by atoms with E-state index in [0.717, 1.165) is 11.1 Å². The lowest BCUT2D eigenvalue weighted by molar-refractivity contribution is -0.139. The number of nitrogens with one attached hydrogen (secondary N) is 1. The van der Waals surface area contributed by atoms with E-state index in [9.17, 15) is 14.4 Å². The molecule has 0 spiro atoms. The van der Waals surface area contributed by atoms with Crippen molar-refractivity contribution in [1.29, 1.82) is 0 Å². The largest absolute Gasteiger partial charge is 0.321 e. The molecule has 3 amide bonds. The van der Waals surface area contributed by atoms with Crippen molar-refractivity contribution in [2.45, 2.75) is 19.4 Å². The Balaban J connectivity index is 1.41. The highest BCUT2D eigenvalue weighted by molar-refractivity contribution is 7.13. The Morgan fingerprint density at radius 1 is 1.10 bits per heavy atom. The quantitative estimate of drug-likeness (QED) is 0.616. The van der Waals surface area contributed by atoms with Crippen LogP contribution in [0, 0.1) is 0 Å². The van der Waals surface area contributed by atoms with E-state index in [1.54, 1.807) is 41.8 Å². The standard InChI is InChI=1S/C21H16ClN3O3S/c22-15-3-1-2-14(10-15)21-24-17(12-29-21)20(28)23-16-6-4-13(5-7-16)11-25-18(26)8-9-19(25)27/h1-7,10,12H,8-9,11H2,(H,23,28). The Labute approximate surface area is 176 Å². The Kier molecular flexibility index (Phi) is 5.42. The molecule has 1 N–H and O–H groups in total. The predicted octanol–water partition coefficient (Wildman–Crippen LogP) is 4.36. The number of aromatic nitrogens is 1. The van der Waals surface area contributed by atoms with Crippen molar-refractivity contribution < 1.29 is 14.4 Å². The van der Waals surface area contributed by atoms with Gasteiger partial charge in [-0.05, 0) is 29.8 Å². The number of amides is 3. The fourth-order valence-corrected chi connectivity index (χ4v) is 3.99. The first kappa shape index (κ1) is 19.3. The number of hydrogen-bond acceptors (Lipinski definition) is 5. The molecule has 1 saturated heterocycles. The third-order valence-corrected chi connectivity index (χ3v) is 5.64. The minimum absolute atomic E-state index is 0.147. The van der Waals surface area contributed by atoms with Crippen molar-refractivity contribution in [3.63, 3.8) is 0 Å². The molecule has 146 valence electrons. The van der Waals surface area contributed by atoms with E-state index in [4.69, 9.17) is 11.6 Å². The Morgan fingerprint density at radius 3 is 2.52 bits per heavy atom. The van der Waals surface area contributed by atoms with Gasteiger partial charge in [-0.2, -0.15) is 0 Å². The molecular weight excluding hydrogens is 410 g/mol. The van der Waals surface area contributed by atoms with Crippen LogP contribution in [0.25, 0.3) is 10.6 Å². The van der Waals surface area contributed by atoms with Crippen LogP contribution in [0.3, 0.4) is 0 Å². The van der Waals surface area contributed by atoms with Crippen LogP contribution in [0.4, 0.5) is 5.69 Å². The van der Waals surface area contributed by atoms with Gasteiger partial charge in [0.1, 0.15) is 10.7 Å². The highest BCUT2D eigenvalue weighted by Crippen LogP contribution is 2.26. The number of imide groups is 1. The van der Waals surface area contributed by atoms with Gasteiger partial charge in [-0.3, -0.25) is 19.3 Å². The molecule has 2 aromatic carbocycles. The van der Waals surface area contributed by atoms with E-state index in [-0.39, 0.29) is 37.1 Å². The molecule has 6 nitrogen and oxygen atoms in total. The molecule has 0 saturated carbocycles. The maximum atomic E-state index is 12.5. The van der Waals surface area contributed by atoms with Gasteiger partial charge in [-0.1, -0.05) is 35.9 Å². The van der Waals surface area contributed by atoms with Crippen molar-refractivity contribution in [2.75, 3.05) is 5.32 Å². The maximum Gasteiger partial charge on any atom is 0.275 e. The first-order valence-electron chi connectivity index (χ1n) is 8.94. The van der Waals surface area contributed by atoms with Crippen LogP contribution < -0.4 is 5.32 Å². The monoisotopic (exact) mass is 425 g/mol. The molecule has 0 unspecified atom stereocenters. The molecule has 2 heterocycles. The first-order valence-corrected chi connectivity index (χ1v) is 10.2. The van der Waals surface area contributed by atoms with Crippen molar-refractivity contribution >= 4 is 46.3 Å². The average Bonchev–Trinajstić information content (AvgIpc) is 3.32. The molecule has 8 heteroatoms. The zero-order chi connectivity index (χ0) is 20.4. The van der Waals surface area contributed by atoms with Gasteiger partial charge in [-0.15, -0.1) is 11.3 Å². The second-order valence-electron chi connectivity index (χ2n) is 6.57. The third-order valence-electron chi connectivity index (χ3n) is 4.52. The molecule has 1 aliphatic heterocycles. The number of halogens is 1. The van der Waals surface area contributed by atoms with Gasteiger partial charge < -0.3 is 5.32 Å². The molecule has 3 aromatic rings. The van der Waals surface area contributed by atoms with Crippen LogP contribution in [0.15, 0.2) is 53.9 Å². The Bertz CT molecular complexity index is 1080. The minimum Gasteiger partial charge on any atom is -0.321 e. The van der Waals surface area contributed by atoms with Crippen LogP contribution in [-0.4, -0.2) is 27.6 Å². The highest BCUT2D eigenvalue weighted by atomic mass is 35.5. The molecular formula is C21H16ClN3O3S. The van der Waals surface area contributed by atoms with Crippen molar-refractivity contribution in [2.24, 2.45) is 0 Å². The van der Waals surface area contributed by atoms with E-state index >= 15 is 0 Å². The summed E-state index contributed by atoms with van der Waals surface area (Å²) in [5.74, 6) is -0.606. The normalized spacial score (nSPS) is 13.8. The predicted molar refractivity (Wildman–Crippen MR) is 112 cm³/mol. The lowest BCUT2D eigenvalue weighted by Crippen LogP contribution is -2.28. The summed E-state index contributed by atoms with van der Waals surface area (Å²) in [4.78, 5) is 41.6. The van der Waals surface area contributed by atoms with Crippen LogP contribution in [0.2, 0.25) is 5.02 Å². The summed E-state index contributed by atoms with van der Waals surface area (Å²) in [6.45, 7) is 0.251. The third kappa shape index (κ3) is 4.36. The summed E-state index contributed by atoms with van der Waals surface area (Å²) < 4.78 is 0. The lowest BCUT2D eigenvalue weighted by atomic mass is 10.2. The fraction of sp³-hybridized carbons (Fsp3) is 0.143. The van der Waals surface area contributed by atoms with E-state index in [0.29, 0.717) is 21.4 Å². The highest BCUT2D eigenvalue weighted by Gasteiger charge is 2.28. The Morgan fingerprint density at radius 2 is 1.83 bits per heavy atom. The van der Waals surface area contributed by atoms with Crippen LogP contribution in [0.1, 0.15) is 28.9 Å². The zero-order valence-electron chi connectivity index (χ0n) is 15.2. The van der Waals surface area contributed by atoms with Crippen LogP contribution in [0.5, 0.6) is 0 Å². The SMILES string of the molecule is O=C(Nc1ccc(CN2C(=O)CCC2=O)cc1)c1csc(-c2cccc(Cl)c2)n1. The number of likely N-dealkylation sites (tertiary alicyclic amines) is 1. The summed E-state index contributed by atoms with van der Waals surface area (Å²) >= 11 is 7.38. The number of rotatable bonds is 5. The van der Waals surface area contributed by atoms with Crippen LogP contribution in [-0.2, 0) is 16.1 Å². The van der Waals surface area contributed by atoms with Gasteiger partial charge in [0.2, 0.25) is 11.8 Å². The number of carbonyl (C=O) groups excluding carboxylic acids is 3. The number of benzene rings is 2. The van der Waals surface area contributed by atoms with Gasteiger partial charge in [0.05, 0.1) is 6.54 Å². The van der Waals surface area contributed by atoms with Gasteiger partial charge >= 0.3 is 0 Å². The van der Waals surface area contributed by atoms with Gasteiger partial charge in [0.25, 0.3) is 5.91 Å². The smallest absolute Gasteiger partial charge is 0.275 e. The summed E-state index contributed by atoms with van der Waals surface area (Å²) in [7, 11) is 0. The molecule has 0 aliphatic carbocycles. The average molecular weight is 426 g/mol. The number of nitrogens with zero attached hydrogens (tertiary/aromatic N) is 2. The lowest BCUT2D eigenvalue weighted by Gasteiger charge is -2.14. The number of hydrogen-bond donors (Lipinski definition) is 1. The van der Waals surface area contributed by atoms with E-state index in [1.807, 2.05) is 12.1 Å².